The summed E-state index contributed by atoms with van der Waals surface area (Å²) in [5.41, 5.74) is 5.61. The van der Waals surface area contributed by atoms with Crippen molar-refractivity contribution < 1.29 is 14.3 Å². The molecule has 0 atom stereocenters. The number of fused-ring (bicyclic) bond motifs is 1. The molecule has 0 spiro atoms. The number of hydrogen-bond donors (Lipinski definition) is 2. The summed E-state index contributed by atoms with van der Waals surface area (Å²) >= 11 is 0. The number of rotatable bonds is 3. The van der Waals surface area contributed by atoms with E-state index in [0.717, 1.165) is 19.2 Å². The molecule has 7 nitrogen and oxygen atoms in total. The van der Waals surface area contributed by atoms with Crippen molar-refractivity contribution >= 4 is 22.6 Å². The van der Waals surface area contributed by atoms with Crippen LogP contribution in [0.15, 0.2) is 23.1 Å². The predicted octanol–water partition coefficient (Wildman–Crippen LogP) is -0.0623. The lowest BCUT2D eigenvalue weighted by Gasteiger charge is -2.39. The van der Waals surface area contributed by atoms with E-state index in [9.17, 15) is 19.1 Å². The SMILES string of the molecule is NC1CN(c2cc3c(cc2F)c(=O)c(C(=O)O)cn3N2CC2)C1. The molecule has 0 bridgehead atoms. The van der Waals surface area contributed by atoms with Crippen molar-refractivity contribution in [2.24, 2.45) is 5.73 Å². The van der Waals surface area contributed by atoms with Crippen molar-refractivity contribution in [3.8, 4) is 0 Å². The molecule has 2 aromatic rings. The zero-order chi connectivity index (χ0) is 16.3. The molecule has 1 aromatic carbocycles. The van der Waals surface area contributed by atoms with Crippen LogP contribution in [0.5, 0.6) is 0 Å². The summed E-state index contributed by atoms with van der Waals surface area (Å²) in [7, 11) is 0. The van der Waals surface area contributed by atoms with E-state index in [2.05, 4.69) is 0 Å². The molecule has 2 aliphatic heterocycles. The van der Waals surface area contributed by atoms with E-state index in [0.29, 0.717) is 24.3 Å². The Labute approximate surface area is 130 Å². The van der Waals surface area contributed by atoms with Crippen LogP contribution in [0.4, 0.5) is 10.1 Å². The summed E-state index contributed by atoms with van der Waals surface area (Å²) in [6, 6.07) is 2.75. The van der Waals surface area contributed by atoms with Gasteiger partial charge in [0.05, 0.1) is 29.7 Å². The Hall–Kier alpha value is -2.61. The molecule has 23 heavy (non-hydrogen) atoms. The number of pyridine rings is 1. The van der Waals surface area contributed by atoms with Crippen LogP contribution in [-0.2, 0) is 0 Å². The molecule has 120 valence electrons. The van der Waals surface area contributed by atoms with Crippen LogP contribution in [0.25, 0.3) is 10.9 Å². The monoisotopic (exact) mass is 318 g/mol. The molecule has 4 rings (SSSR count). The molecule has 0 unspecified atom stereocenters. The molecule has 0 aliphatic carbocycles. The molecule has 2 saturated heterocycles. The molecular weight excluding hydrogens is 303 g/mol. The summed E-state index contributed by atoms with van der Waals surface area (Å²) in [6.45, 7) is 2.64. The first-order valence-corrected chi connectivity index (χ1v) is 7.33. The number of aromatic nitrogens is 1. The maximum Gasteiger partial charge on any atom is 0.341 e. The maximum absolute atomic E-state index is 14.4. The van der Waals surface area contributed by atoms with Gasteiger partial charge in [-0.3, -0.25) is 9.47 Å². The number of hydrogen-bond acceptors (Lipinski definition) is 5. The summed E-state index contributed by atoms with van der Waals surface area (Å²) in [4.78, 5) is 25.4. The third-order valence-electron chi connectivity index (χ3n) is 4.26. The molecule has 0 saturated carbocycles. The number of carboxylic acid groups (broad SMARTS) is 1. The highest BCUT2D eigenvalue weighted by Gasteiger charge is 2.28. The average molecular weight is 318 g/mol. The number of carboxylic acids is 1. The Morgan fingerprint density at radius 1 is 1.30 bits per heavy atom. The second-order valence-electron chi connectivity index (χ2n) is 5.96. The van der Waals surface area contributed by atoms with Gasteiger partial charge in [-0.05, 0) is 12.1 Å². The van der Waals surface area contributed by atoms with Gasteiger partial charge in [-0.1, -0.05) is 0 Å². The van der Waals surface area contributed by atoms with E-state index in [-0.39, 0.29) is 17.0 Å². The Morgan fingerprint density at radius 2 is 2.00 bits per heavy atom. The number of nitrogens with zero attached hydrogens (tertiary/aromatic N) is 3. The van der Waals surface area contributed by atoms with Crippen molar-refractivity contribution in [2.75, 3.05) is 36.1 Å². The number of nitrogens with two attached hydrogens (primary N) is 1. The van der Waals surface area contributed by atoms with E-state index in [4.69, 9.17) is 5.73 Å². The molecular formula is C15H15FN4O3. The first kappa shape index (κ1) is 14.0. The third kappa shape index (κ3) is 2.14. The van der Waals surface area contributed by atoms with Gasteiger partial charge in [0.15, 0.2) is 0 Å². The average Bonchev–Trinajstić information content (AvgIpc) is 3.29. The number of halogens is 1. The predicted molar refractivity (Wildman–Crippen MR) is 83.3 cm³/mol. The van der Waals surface area contributed by atoms with E-state index in [1.165, 1.54) is 6.20 Å². The van der Waals surface area contributed by atoms with E-state index in [1.54, 1.807) is 10.7 Å². The van der Waals surface area contributed by atoms with Crippen LogP contribution in [-0.4, -0.2) is 48.0 Å². The summed E-state index contributed by atoms with van der Waals surface area (Å²) in [6.07, 6.45) is 1.31. The fourth-order valence-electron chi connectivity index (χ4n) is 2.92. The van der Waals surface area contributed by atoms with Gasteiger partial charge in [-0.25, -0.2) is 9.18 Å². The minimum absolute atomic E-state index is 0.0221. The largest absolute Gasteiger partial charge is 0.477 e. The summed E-state index contributed by atoms with van der Waals surface area (Å²) in [5.74, 6) is -1.85. The summed E-state index contributed by atoms with van der Waals surface area (Å²) < 4.78 is 16.0. The van der Waals surface area contributed by atoms with Gasteiger partial charge in [0.25, 0.3) is 0 Å². The van der Waals surface area contributed by atoms with Crippen LogP contribution in [0.2, 0.25) is 0 Å². The van der Waals surface area contributed by atoms with Gasteiger partial charge in [0, 0.05) is 25.3 Å². The fraction of sp³-hybridized carbons (Fsp3) is 0.333. The van der Waals surface area contributed by atoms with E-state index in [1.807, 2.05) is 9.91 Å². The number of benzene rings is 1. The summed E-state index contributed by atoms with van der Waals surface area (Å²) in [5, 5.41) is 11.1. The molecule has 2 aliphatic rings. The first-order chi connectivity index (χ1) is 11.0. The van der Waals surface area contributed by atoms with Crippen molar-refractivity contribution in [1.82, 2.24) is 4.68 Å². The minimum Gasteiger partial charge on any atom is -0.477 e. The molecule has 0 amide bonds. The molecule has 3 N–H and O–H groups in total. The van der Waals surface area contributed by atoms with Crippen molar-refractivity contribution in [3.63, 3.8) is 0 Å². The zero-order valence-electron chi connectivity index (χ0n) is 12.2. The second-order valence-corrected chi connectivity index (χ2v) is 5.96. The van der Waals surface area contributed by atoms with Crippen molar-refractivity contribution in [1.29, 1.82) is 0 Å². The van der Waals surface area contributed by atoms with Gasteiger partial charge in [0.2, 0.25) is 5.43 Å². The molecule has 8 heteroatoms. The van der Waals surface area contributed by atoms with Crippen LogP contribution < -0.4 is 21.1 Å². The maximum atomic E-state index is 14.4. The highest BCUT2D eigenvalue weighted by atomic mass is 19.1. The van der Waals surface area contributed by atoms with Crippen LogP contribution in [0.1, 0.15) is 10.4 Å². The lowest BCUT2D eigenvalue weighted by atomic mass is 10.1. The van der Waals surface area contributed by atoms with Crippen LogP contribution in [0.3, 0.4) is 0 Å². The van der Waals surface area contributed by atoms with Crippen LogP contribution in [0, 0.1) is 5.82 Å². The fourth-order valence-corrected chi connectivity index (χ4v) is 2.92. The molecule has 0 radical (unpaired) electrons. The van der Waals surface area contributed by atoms with Gasteiger partial charge in [-0.15, -0.1) is 0 Å². The highest BCUT2D eigenvalue weighted by Crippen LogP contribution is 2.28. The first-order valence-electron chi connectivity index (χ1n) is 7.33. The molecule has 3 heterocycles. The normalized spacial score (nSPS) is 17.5. The number of aromatic carboxylic acids is 1. The Bertz CT molecular complexity index is 884. The Kier molecular flexibility index (Phi) is 2.86. The topological polar surface area (TPSA) is 91.6 Å². The number of carbonyl (C=O) groups is 1. The van der Waals surface area contributed by atoms with Gasteiger partial charge in [-0.2, -0.15) is 0 Å². The van der Waals surface area contributed by atoms with Gasteiger partial charge >= 0.3 is 5.97 Å². The zero-order valence-corrected chi connectivity index (χ0v) is 12.2. The standard InChI is InChI=1S/C15H15FN4O3/c16-11-3-9-12(4-13(11)18-5-8(17)6-18)20(19-1-2-19)7-10(14(9)21)15(22)23/h3-4,7-8H,1-2,5-6,17H2,(H,22,23). The van der Waals surface area contributed by atoms with Crippen molar-refractivity contribution in [2.45, 2.75) is 6.04 Å². The molecule has 1 aromatic heterocycles. The lowest BCUT2D eigenvalue weighted by molar-refractivity contribution is 0.0695. The highest BCUT2D eigenvalue weighted by molar-refractivity contribution is 5.93. The smallest absolute Gasteiger partial charge is 0.341 e. The Balaban J connectivity index is 1.96. The molecule has 2 fully saturated rings. The number of anilines is 1. The van der Waals surface area contributed by atoms with Gasteiger partial charge in [0.1, 0.15) is 11.4 Å². The van der Waals surface area contributed by atoms with Crippen LogP contribution >= 0.6 is 0 Å². The van der Waals surface area contributed by atoms with E-state index >= 15 is 0 Å². The lowest BCUT2D eigenvalue weighted by Crippen LogP contribution is -2.56. The second kappa shape index (κ2) is 4.69. The van der Waals surface area contributed by atoms with E-state index < -0.39 is 17.2 Å². The van der Waals surface area contributed by atoms with Crippen molar-refractivity contribution in [3.05, 3.63) is 39.9 Å². The third-order valence-corrected chi connectivity index (χ3v) is 4.26. The quantitative estimate of drug-likeness (QED) is 0.770. The minimum atomic E-state index is -1.31. The van der Waals surface area contributed by atoms with Gasteiger partial charge < -0.3 is 20.7 Å². The Morgan fingerprint density at radius 3 is 2.57 bits per heavy atom.